The number of anilines is 1. The summed E-state index contributed by atoms with van der Waals surface area (Å²) >= 11 is 3.00. The first kappa shape index (κ1) is 17.6. The Kier molecular flexibility index (Phi) is 6.28. The van der Waals surface area contributed by atoms with E-state index < -0.39 is 11.7 Å². The maximum Gasteiger partial charge on any atom is 0.407 e. The van der Waals surface area contributed by atoms with Gasteiger partial charge in [0.05, 0.1) is 12.8 Å². The lowest BCUT2D eigenvalue weighted by Gasteiger charge is -2.19. The summed E-state index contributed by atoms with van der Waals surface area (Å²) in [4.78, 5) is 11.5. The van der Waals surface area contributed by atoms with Crippen molar-refractivity contribution < 1.29 is 13.9 Å². The van der Waals surface area contributed by atoms with E-state index in [1.807, 2.05) is 32.9 Å². The molecule has 0 aliphatic rings. The number of aromatic nitrogens is 2. The fourth-order valence-corrected chi connectivity index (χ4v) is 3.19. The van der Waals surface area contributed by atoms with Crippen LogP contribution in [-0.4, -0.2) is 34.2 Å². The molecule has 7 nitrogen and oxygen atoms in total. The molecular weight excluding hydrogens is 336 g/mol. The molecule has 2 heterocycles. The zero-order valence-electron chi connectivity index (χ0n) is 13.3. The number of carbonyl (C=O) groups is 1. The molecule has 2 aromatic rings. The molecule has 1 amide bonds. The fraction of sp³-hybridized carbons (Fsp3) is 0.500. The highest BCUT2D eigenvalue weighted by atomic mass is 32.2. The number of carbonyl (C=O) groups excluding carboxylic acids is 1. The maximum absolute atomic E-state index is 11.5. The van der Waals surface area contributed by atoms with Crippen LogP contribution in [0.3, 0.4) is 0 Å². The van der Waals surface area contributed by atoms with E-state index in [-0.39, 0.29) is 0 Å². The molecule has 2 rings (SSSR count). The third-order valence-corrected chi connectivity index (χ3v) is 4.41. The zero-order valence-corrected chi connectivity index (χ0v) is 14.9. The summed E-state index contributed by atoms with van der Waals surface area (Å²) < 4.78 is 11.2. The Balaban J connectivity index is 1.64. The molecule has 126 valence electrons. The number of rotatable bonds is 7. The van der Waals surface area contributed by atoms with E-state index in [9.17, 15) is 4.79 Å². The van der Waals surface area contributed by atoms with E-state index in [2.05, 4.69) is 20.8 Å². The van der Waals surface area contributed by atoms with Crippen molar-refractivity contribution in [3.05, 3.63) is 24.2 Å². The molecule has 0 bridgehead atoms. The van der Waals surface area contributed by atoms with Gasteiger partial charge < -0.3 is 19.8 Å². The van der Waals surface area contributed by atoms with Crippen LogP contribution in [-0.2, 0) is 11.3 Å². The average Bonchev–Trinajstić information content (AvgIpc) is 3.11. The van der Waals surface area contributed by atoms with Gasteiger partial charge in [0.2, 0.25) is 5.13 Å². The number of amides is 1. The summed E-state index contributed by atoms with van der Waals surface area (Å²) in [5, 5.41) is 14.7. The van der Waals surface area contributed by atoms with Crippen molar-refractivity contribution in [3.63, 3.8) is 0 Å². The van der Waals surface area contributed by atoms with E-state index in [0.29, 0.717) is 18.8 Å². The van der Waals surface area contributed by atoms with Gasteiger partial charge in [-0.15, -0.1) is 10.2 Å². The molecule has 0 aliphatic heterocycles. The standard InChI is InChI=1S/C14H20N4O3S2/c1-14(2,3)21-12(19)15-6-8-22-13-18-17-11(23-13)16-9-10-5-4-7-20-10/h4-5,7H,6,8-9H2,1-3H3,(H,15,19)(H,16,17). The molecule has 0 aromatic carbocycles. The quantitative estimate of drug-likeness (QED) is 0.581. The summed E-state index contributed by atoms with van der Waals surface area (Å²) in [5.41, 5.74) is -0.481. The van der Waals surface area contributed by atoms with E-state index in [1.165, 1.54) is 23.1 Å². The van der Waals surface area contributed by atoms with E-state index in [0.717, 1.165) is 15.2 Å². The van der Waals surface area contributed by atoms with Crippen LogP contribution in [0.2, 0.25) is 0 Å². The molecule has 2 aromatic heterocycles. The van der Waals surface area contributed by atoms with E-state index in [4.69, 9.17) is 9.15 Å². The molecule has 0 spiro atoms. The molecule has 0 radical (unpaired) electrons. The molecule has 0 saturated heterocycles. The number of nitrogens with zero attached hydrogens (tertiary/aromatic N) is 2. The second-order valence-corrected chi connectivity index (χ2v) is 7.90. The van der Waals surface area contributed by atoms with Gasteiger partial charge in [0.15, 0.2) is 4.34 Å². The third kappa shape index (κ3) is 6.91. The monoisotopic (exact) mass is 356 g/mol. The maximum atomic E-state index is 11.5. The first-order valence-corrected chi connectivity index (χ1v) is 8.92. The van der Waals surface area contributed by atoms with Crippen LogP contribution < -0.4 is 10.6 Å². The van der Waals surface area contributed by atoms with Gasteiger partial charge in [-0.2, -0.15) is 0 Å². The average molecular weight is 356 g/mol. The second-order valence-electron chi connectivity index (χ2n) is 5.58. The molecule has 0 saturated carbocycles. The minimum absolute atomic E-state index is 0.406. The van der Waals surface area contributed by atoms with Gasteiger partial charge >= 0.3 is 6.09 Å². The highest BCUT2D eigenvalue weighted by Gasteiger charge is 2.15. The first-order valence-electron chi connectivity index (χ1n) is 7.12. The van der Waals surface area contributed by atoms with Crippen LogP contribution in [0, 0.1) is 0 Å². The lowest BCUT2D eigenvalue weighted by atomic mass is 10.2. The minimum Gasteiger partial charge on any atom is -0.467 e. The van der Waals surface area contributed by atoms with Crippen LogP contribution >= 0.6 is 23.1 Å². The summed E-state index contributed by atoms with van der Waals surface area (Å²) in [7, 11) is 0. The number of thioether (sulfide) groups is 1. The zero-order chi connectivity index (χ0) is 16.7. The molecule has 23 heavy (non-hydrogen) atoms. The highest BCUT2D eigenvalue weighted by molar-refractivity contribution is 8.01. The third-order valence-electron chi connectivity index (χ3n) is 2.40. The summed E-state index contributed by atoms with van der Waals surface area (Å²) in [6.07, 6.45) is 1.23. The Bertz CT molecular complexity index is 608. The minimum atomic E-state index is -0.481. The molecule has 0 atom stereocenters. The van der Waals surface area contributed by atoms with Gasteiger partial charge in [-0.25, -0.2) is 4.79 Å². The number of furan rings is 1. The van der Waals surface area contributed by atoms with Crippen molar-refractivity contribution in [1.82, 2.24) is 15.5 Å². The Labute approximate surface area is 143 Å². The molecular formula is C14H20N4O3S2. The molecule has 9 heteroatoms. The Hall–Kier alpha value is -1.74. The van der Waals surface area contributed by atoms with Crippen LogP contribution in [0.4, 0.5) is 9.93 Å². The van der Waals surface area contributed by atoms with Crippen molar-refractivity contribution in [2.75, 3.05) is 17.6 Å². The normalized spacial score (nSPS) is 11.3. The smallest absolute Gasteiger partial charge is 0.407 e. The molecule has 0 fully saturated rings. The lowest BCUT2D eigenvalue weighted by molar-refractivity contribution is 0.0531. The number of hydrogen-bond acceptors (Lipinski definition) is 8. The van der Waals surface area contributed by atoms with E-state index >= 15 is 0 Å². The Morgan fingerprint density at radius 3 is 2.96 bits per heavy atom. The van der Waals surface area contributed by atoms with Crippen LogP contribution in [0.5, 0.6) is 0 Å². The predicted octanol–water partition coefficient (Wildman–Crippen LogP) is 3.36. The van der Waals surface area contributed by atoms with Crippen LogP contribution in [0.15, 0.2) is 27.2 Å². The van der Waals surface area contributed by atoms with E-state index in [1.54, 1.807) is 6.26 Å². The van der Waals surface area contributed by atoms with Crippen LogP contribution in [0.25, 0.3) is 0 Å². The summed E-state index contributed by atoms with van der Waals surface area (Å²) in [6, 6.07) is 3.74. The van der Waals surface area contributed by atoms with Crippen molar-refractivity contribution >= 4 is 34.3 Å². The fourth-order valence-electron chi connectivity index (χ4n) is 1.52. The second kappa shape index (κ2) is 8.21. The SMILES string of the molecule is CC(C)(C)OC(=O)NCCSc1nnc(NCc2ccco2)s1. The van der Waals surface area contributed by atoms with Gasteiger partial charge in [0, 0.05) is 12.3 Å². The van der Waals surface area contributed by atoms with Gasteiger partial charge in [0.25, 0.3) is 0 Å². The summed E-state index contributed by atoms with van der Waals surface area (Å²) in [5.74, 6) is 1.54. The molecule has 0 aliphatic carbocycles. The van der Waals surface area contributed by atoms with Crippen molar-refractivity contribution in [1.29, 1.82) is 0 Å². The van der Waals surface area contributed by atoms with Gasteiger partial charge in [-0.3, -0.25) is 0 Å². The van der Waals surface area contributed by atoms with Crippen molar-refractivity contribution in [2.45, 2.75) is 37.3 Å². The topological polar surface area (TPSA) is 89.3 Å². The largest absolute Gasteiger partial charge is 0.467 e. The van der Waals surface area contributed by atoms with Gasteiger partial charge in [0.1, 0.15) is 11.4 Å². The number of alkyl carbamates (subject to hydrolysis) is 1. The van der Waals surface area contributed by atoms with Gasteiger partial charge in [-0.1, -0.05) is 23.1 Å². The predicted molar refractivity (Wildman–Crippen MR) is 90.9 cm³/mol. The lowest BCUT2D eigenvalue weighted by Crippen LogP contribution is -2.33. The Morgan fingerprint density at radius 2 is 2.26 bits per heavy atom. The highest BCUT2D eigenvalue weighted by Crippen LogP contribution is 2.25. The van der Waals surface area contributed by atoms with Crippen molar-refractivity contribution in [2.24, 2.45) is 0 Å². The first-order chi connectivity index (χ1) is 10.9. The summed E-state index contributed by atoms with van der Waals surface area (Å²) in [6.45, 7) is 6.58. The van der Waals surface area contributed by atoms with Crippen LogP contribution in [0.1, 0.15) is 26.5 Å². The number of nitrogens with one attached hydrogen (secondary N) is 2. The number of hydrogen-bond donors (Lipinski definition) is 2. The Morgan fingerprint density at radius 1 is 1.43 bits per heavy atom. The molecule has 0 unspecified atom stereocenters. The number of ether oxygens (including phenoxy) is 1. The van der Waals surface area contributed by atoms with Crippen molar-refractivity contribution in [3.8, 4) is 0 Å². The molecule has 2 N–H and O–H groups in total. The van der Waals surface area contributed by atoms with Gasteiger partial charge in [-0.05, 0) is 32.9 Å².